The van der Waals surface area contributed by atoms with Crippen molar-refractivity contribution >= 4 is 17.9 Å². The molecule has 1 aromatic carbocycles. The third kappa shape index (κ3) is 2.47. The smallest absolute Gasteiger partial charge is 0.335 e. The molecule has 7 nitrogen and oxygen atoms in total. The Morgan fingerprint density at radius 2 is 1.95 bits per heavy atom. The summed E-state index contributed by atoms with van der Waals surface area (Å²) in [7, 11) is 1.51. The zero-order valence-electron chi connectivity index (χ0n) is 11.7. The molecule has 0 bridgehead atoms. The molecular weight excluding hydrogens is 276 g/mol. The van der Waals surface area contributed by atoms with Gasteiger partial charge in [0, 0.05) is 13.0 Å². The number of rotatable bonds is 5. The van der Waals surface area contributed by atoms with Gasteiger partial charge < -0.3 is 15.2 Å². The fraction of sp³-hybridized carbons (Fsp3) is 0.357. The predicted octanol–water partition coefficient (Wildman–Crippen LogP) is 0.702. The molecule has 0 aromatic heterocycles. The number of carbonyl (C=O) groups excluding carboxylic acids is 2. The number of urea groups is 1. The number of carboxylic acid groups (broad SMARTS) is 1. The van der Waals surface area contributed by atoms with E-state index in [9.17, 15) is 14.4 Å². The van der Waals surface area contributed by atoms with Crippen molar-refractivity contribution in [2.45, 2.75) is 12.5 Å². The quantitative estimate of drug-likeness (QED) is 0.693. The molecule has 21 heavy (non-hydrogen) atoms. The summed E-state index contributed by atoms with van der Waals surface area (Å²) in [6.45, 7) is 2.04. The Bertz CT molecular complexity index is 584. The van der Waals surface area contributed by atoms with Crippen LogP contribution < -0.4 is 10.6 Å². The number of hydrogen-bond donors (Lipinski definition) is 3. The van der Waals surface area contributed by atoms with Crippen LogP contribution in [0.15, 0.2) is 24.3 Å². The molecule has 112 valence electrons. The SMILES string of the molecule is COCC(C)C1(c2ccc(C(=O)O)cc2)NC(=O)NC1=O. The number of carbonyl (C=O) groups is 3. The highest BCUT2D eigenvalue weighted by molar-refractivity contribution is 6.07. The fourth-order valence-electron chi connectivity index (χ4n) is 2.55. The second-order valence-electron chi connectivity index (χ2n) is 4.96. The summed E-state index contributed by atoms with van der Waals surface area (Å²) in [5, 5.41) is 13.8. The van der Waals surface area contributed by atoms with Crippen LogP contribution in [0.4, 0.5) is 4.79 Å². The van der Waals surface area contributed by atoms with E-state index in [1.807, 2.05) is 0 Å². The van der Waals surface area contributed by atoms with Crippen molar-refractivity contribution in [3.05, 3.63) is 35.4 Å². The Labute approximate surface area is 121 Å². The van der Waals surface area contributed by atoms with Crippen molar-refractivity contribution < 1.29 is 24.2 Å². The maximum Gasteiger partial charge on any atom is 0.335 e. The normalized spacial score (nSPS) is 22.6. The Morgan fingerprint density at radius 1 is 1.33 bits per heavy atom. The van der Waals surface area contributed by atoms with Crippen molar-refractivity contribution in [3.63, 3.8) is 0 Å². The van der Waals surface area contributed by atoms with Crippen LogP contribution in [-0.4, -0.2) is 36.7 Å². The van der Waals surface area contributed by atoms with E-state index >= 15 is 0 Å². The molecule has 1 aliphatic heterocycles. The molecule has 3 N–H and O–H groups in total. The van der Waals surface area contributed by atoms with E-state index in [1.54, 1.807) is 6.92 Å². The van der Waals surface area contributed by atoms with Gasteiger partial charge in [-0.25, -0.2) is 9.59 Å². The molecule has 1 fully saturated rings. The van der Waals surface area contributed by atoms with Crippen molar-refractivity contribution in [1.82, 2.24) is 10.6 Å². The maximum absolute atomic E-state index is 12.3. The molecule has 2 rings (SSSR count). The van der Waals surface area contributed by atoms with Crippen LogP contribution in [0.1, 0.15) is 22.8 Å². The van der Waals surface area contributed by atoms with Gasteiger partial charge >= 0.3 is 12.0 Å². The number of methoxy groups -OCH3 is 1. The number of imide groups is 1. The Morgan fingerprint density at radius 3 is 2.38 bits per heavy atom. The first-order chi connectivity index (χ1) is 9.91. The second kappa shape index (κ2) is 5.53. The summed E-state index contributed by atoms with van der Waals surface area (Å²) < 4.78 is 5.08. The lowest BCUT2D eigenvalue weighted by atomic mass is 9.79. The van der Waals surface area contributed by atoms with Crippen LogP contribution in [0.2, 0.25) is 0 Å². The highest BCUT2D eigenvalue weighted by Crippen LogP contribution is 2.33. The van der Waals surface area contributed by atoms with Gasteiger partial charge in [-0.15, -0.1) is 0 Å². The van der Waals surface area contributed by atoms with E-state index < -0.39 is 23.4 Å². The summed E-state index contributed by atoms with van der Waals surface area (Å²) in [6.07, 6.45) is 0. The highest BCUT2D eigenvalue weighted by Gasteiger charge is 2.51. The van der Waals surface area contributed by atoms with Crippen molar-refractivity contribution in [2.24, 2.45) is 5.92 Å². The van der Waals surface area contributed by atoms with Crippen molar-refractivity contribution in [2.75, 3.05) is 13.7 Å². The molecule has 1 aromatic rings. The standard InChI is InChI=1S/C14H16N2O5/c1-8(7-21-2)14(12(19)15-13(20)16-14)10-5-3-9(4-6-10)11(17)18/h3-6,8H,7H2,1-2H3,(H,17,18)(H2,15,16,19,20). The van der Waals surface area contributed by atoms with E-state index in [0.29, 0.717) is 5.56 Å². The van der Waals surface area contributed by atoms with E-state index in [-0.39, 0.29) is 18.1 Å². The molecule has 1 saturated heterocycles. The minimum atomic E-state index is -1.26. The van der Waals surface area contributed by atoms with Gasteiger partial charge in [0.1, 0.15) is 0 Å². The van der Waals surface area contributed by atoms with E-state index in [1.165, 1.54) is 31.4 Å². The zero-order chi connectivity index (χ0) is 15.6. The summed E-state index contributed by atoms with van der Waals surface area (Å²) >= 11 is 0. The van der Waals surface area contributed by atoms with Gasteiger partial charge in [0.2, 0.25) is 0 Å². The molecule has 0 radical (unpaired) electrons. The molecule has 2 atom stereocenters. The van der Waals surface area contributed by atoms with Crippen molar-refractivity contribution in [3.8, 4) is 0 Å². The summed E-state index contributed by atoms with van der Waals surface area (Å²) in [6, 6.07) is 5.28. The average molecular weight is 292 g/mol. The lowest BCUT2D eigenvalue weighted by Crippen LogP contribution is -2.50. The molecule has 1 heterocycles. The van der Waals surface area contributed by atoms with Gasteiger partial charge in [0.15, 0.2) is 5.54 Å². The molecular formula is C14H16N2O5. The lowest BCUT2D eigenvalue weighted by molar-refractivity contribution is -0.127. The number of aromatic carboxylic acids is 1. The average Bonchev–Trinajstić information content (AvgIpc) is 2.75. The van der Waals surface area contributed by atoms with Crippen LogP contribution in [0, 0.1) is 5.92 Å². The first kappa shape index (κ1) is 15.0. The Balaban J connectivity index is 2.47. The fourth-order valence-corrected chi connectivity index (χ4v) is 2.55. The minimum Gasteiger partial charge on any atom is -0.478 e. The highest BCUT2D eigenvalue weighted by atomic mass is 16.5. The van der Waals surface area contributed by atoms with Gasteiger partial charge in [-0.05, 0) is 17.7 Å². The van der Waals surface area contributed by atoms with E-state index in [2.05, 4.69) is 10.6 Å². The predicted molar refractivity (Wildman–Crippen MR) is 72.8 cm³/mol. The first-order valence-electron chi connectivity index (χ1n) is 6.38. The van der Waals surface area contributed by atoms with Gasteiger partial charge in [-0.3, -0.25) is 10.1 Å². The number of benzene rings is 1. The first-order valence-corrected chi connectivity index (χ1v) is 6.38. The Hall–Kier alpha value is -2.41. The summed E-state index contributed by atoms with van der Waals surface area (Å²) in [5.74, 6) is -1.86. The van der Waals surface area contributed by atoms with Gasteiger partial charge in [-0.2, -0.15) is 0 Å². The van der Waals surface area contributed by atoms with Gasteiger partial charge in [-0.1, -0.05) is 19.1 Å². The number of hydrogen-bond acceptors (Lipinski definition) is 4. The monoisotopic (exact) mass is 292 g/mol. The number of nitrogens with one attached hydrogen (secondary N) is 2. The van der Waals surface area contributed by atoms with Gasteiger partial charge in [0.05, 0.1) is 12.2 Å². The maximum atomic E-state index is 12.3. The third-order valence-electron chi connectivity index (χ3n) is 3.64. The number of amides is 3. The lowest BCUT2D eigenvalue weighted by Gasteiger charge is -2.32. The van der Waals surface area contributed by atoms with Crippen LogP contribution in [0.5, 0.6) is 0 Å². The van der Waals surface area contributed by atoms with Crippen LogP contribution in [-0.2, 0) is 15.1 Å². The van der Waals surface area contributed by atoms with E-state index in [0.717, 1.165) is 0 Å². The van der Waals surface area contributed by atoms with Gasteiger partial charge in [0.25, 0.3) is 5.91 Å². The van der Waals surface area contributed by atoms with Crippen LogP contribution >= 0.6 is 0 Å². The van der Waals surface area contributed by atoms with E-state index in [4.69, 9.17) is 9.84 Å². The molecule has 0 aliphatic carbocycles. The molecule has 0 spiro atoms. The largest absolute Gasteiger partial charge is 0.478 e. The minimum absolute atomic E-state index is 0.109. The second-order valence-corrected chi connectivity index (χ2v) is 4.96. The summed E-state index contributed by atoms with van der Waals surface area (Å²) in [5.41, 5.74) is -0.636. The number of ether oxygens (including phenoxy) is 1. The number of carboxylic acids is 1. The molecule has 7 heteroatoms. The molecule has 1 aliphatic rings. The summed E-state index contributed by atoms with van der Waals surface area (Å²) in [4.78, 5) is 34.7. The van der Waals surface area contributed by atoms with Crippen LogP contribution in [0.25, 0.3) is 0 Å². The topological polar surface area (TPSA) is 105 Å². The van der Waals surface area contributed by atoms with Crippen LogP contribution in [0.3, 0.4) is 0 Å². The molecule has 2 unspecified atom stereocenters. The molecule has 3 amide bonds. The third-order valence-corrected chi connectivity index (χ3v) is 3.64. The Kier molecular flexibility index (Phi) is 3.95. The zero-order valence-corrected chi connectivity index (χ0v) is 11.7. The molecule has 0 saturated carbocycles. The van der Waals surface area contributed by atoms with Crippen molar-refractivity contribution in [1.29, 1.82) is 0 Å².